The summed E-state index contributed by atoms with van der Waals surface area (Å²) in [5.41, 5.74) is 6.08. The molecule has 2 fully saturated rings. The quantitative estimate of drug-likeness (QED) is 0.804. The minimum absolute atomic E-state index is 0.214. The van der Waals surface area contributed by atoms with Crippen LogP contribution in [0.3, 0.4) is 0 Å². The molecule has 0 spiro atoms. The first kappa shape index (κ1) is 9.33. The molecule has 1 aromatic rings. The van der Waals surface area contributed by atoms with Gasteiger partial charge >= 0.3 is 0 Å². The number of nitrogens with zero attached hydrogens (tertiary/aromatic N) is 2. The van der Waals surface area contributed by atoms with Gasteiger partial charge in [0.2, 0.25) is 5.89 Å². The van der Waals surface area contributed by atoms with Gasteiger partial charge in [-0.05, 0) is 25.7 Å². The van der Waals surface area contributed by atoms with Crippen molar-refractivity contribution < 1.29 is 4.52 Å². The Morgan fingerprint density at radius 2 is 1.93 bits per heavy atom. The largest absolute Gasteiger partial charge is 0.339 e. The van der Waals surface area contributed by atoms with Crippen molar-refractivity contribution >= 4 is 0 Å². The maximum Gasteiger partial charge on any atom is 0.231 e. The molecule has 0 aromatic carbocycles. The van der Waals surface area contributed by atoms with Crippen LogP contribution >= 0.6 is 0 Å². The predicted molar refractivity (Wildman–Crippen MR) is 55.5 cm³/mol. The molecule has 2 aliphatic rings. The topological polar surface area (TPSA) is 64.9 Å². The van der Waals surface area contributed by atoms with E-state index in [1.54, 1.807) is 0 Å². The second-order valence-electron chi connectivity index (χ2n) is 4.82. The highest BCUT2D eigenvalue weighted by molar-refractivity contribution is 5.07. The molecule has 1 heterocycles. The summed E-state index contributed by atoms with van der Waals surface area (Å²) in [5, 5.41) is 4.05. The molecule has 1 aromatic heterocycles. The Labute approximate surface area is 89.2 Å². The second-order valence-corrected chi connectivity index (χ2v) is 4.82. The van der Waals surface area contributed by atoms with Gasteiger partial charge in [-0.3, -0.25) is 0 Å². The molecule has 3 rings (SSSR count). The van der Waals surface area contributed by atoms with E-state index in [2.05, 4.69) is 10.1 Å². The van der Waals surface area contributed by atoms with E-state index in [4.69, 9.17) is 10.3 Å². The smallest absolute Gasteiger partial charge is 0.231 e. The Morgan fingerprint density at radius 3 is 2.67 bits per heavy atom. The molecular weight excluding hydrogens is 190 g/mol. The molecule has 15 heavy (non-hydrogen) atoms. The van der Waals surface area contributed by atoms with Crippen LogP contribution in [0, 0.1) is 0 Å². The van der Waals surface area contributed by atoms with Crippen LogP contribution in [0.25, 0.3) is 0 Å². The van der Waals surface area contributed by atoms with Crippen molar-refractivity contribution in [1.29, 1.82) is 0 Å². The average molecular weight is 207 g/mol. The molecule has 0 radical (unpaired) electrons. The summed E-state index contributed by atoms with van der Waals surface area (Å²) in [6, 6.07) is 0.214. The Hall–Kier alpha value is -0.900. The summed E-state index contributed by atoms with van der Waals surface area (Å²) in [6.45, 7) is 0. The minimum atomic E-state index is 0.214. The molecule has 2 atom stereocenters. The zero-order valence-corrected chi connectivity index (χ0v) is 8.85. The molecule has 0 aliphatic heterocycles. The van der Waals surface area contributed by atoms with Crippen LogP contribution in [0.5, 0.6) is 0 Å². The van der Waals surface area contributed by atoms with Crippen LogP contribution in [-0.4, -0.2) is 16.2 Å². The minimum Gasteiger partial charge on any atom is -0.339 e. The number of nitrogens with two attached hydrogens (primary N) is 1. The van der Waals surface area contributed by atoms with E-state index in [-0.39, 0.29) is 6.04 Å². The third-order valence-corrected chi connectivity index (χ3v) is 3.54. The average Bonchev–Trinajstić information content (AvgIpc) is 2.99. The van der Waals surface area contributed by atoms with Gasteiger partial charge in [0, 0.05) is 12.0 Å². The van der Waals surface area contributed by atoms with Gasteiger partial charge in [-0.2, -0.15) is 4.98 Å². The van der Waals surface area contributed by atoms with Crippen molar-refractivity contribution in [1.82, 2.24) is 10.1 Å². The summed E-state index contributed by atoms with van der Waals surface area (Å²) in [4.78, 5) is 4.49. The Balaban J connectivity index is 1.78. The molecule has 4 nitrogen and oxygen atoms in total. The van der Waals surface area contributed by atoms with Crippen molar-refractivity contribution in [3.8, 4) is 0 Å². The number of hydrogen-bond acceptors (Lipinski definition) is 4. The maximum atomic E-state index is 6.08. The van der Waals surface area contributed by atoms with Gasteiger partial charge < -0.3 is 10.3 Å². The number of aromatic nitrogens is 2. The number of hydrogen-bond donors (Lipinski definition) is 1. The highest BCUT2D eigenvalue weighted by Gasteiger charge is 2.32. The van der Waals surface area contributed by atoms with E-state index in [0.29, 0.717) is 11.8 Å². The molecule has 0 saturated heterocycles. The van der Waals surface area contributed by atoms with Gasteiger partial charge in [0.05, 0.1) is 5.92 Å². The first-order valence-electron chi connectivity index (χ1n) is 5.93. The van der Waals surface area contributed by atoms with Crippen molar-refractivity contribution in [2.75, 3.05) is 0 Å². The third kappa shape index (κ3) is 1.78. The molecule has 2 saturated carbocycles. The fraction of sp³-hybridized carbons (Fsp3) is 0.818. The summed E-state index contributed by atoms with van der Waals surface area (Å²) >= 11 is 0. The fourth-order valence-electron chi connectivity index (χ4n) is 2.37. The lowest BCUT2D eigenvalue weighted by molar-refractivity contribution is 0.289. The maximum absolute atomic E-state index is 6.08. The highest BCUT2D eigenvalue weighted by Crippen LogP contribution is 2.39. The van der Waals surface area contributed by atoms with Crippen LogP contribution < -0.4 is 5.73 Å². The third-order valence-electron chi connectivity index (χ3n) is 3.54. The van der Waals surface area contributed by atoms with Crippen molar-refractivity contribution in [2.45, 2.75) is 56.4 Å². The van der Waals surface area contributed by atoms with Gasteiger partial charge in [-0.25, -0.2) is 0 Å². The van der Waals surface area contributed by atoms with Crippen LogP contribution in [0.1, 0.15) is 62.1 Å². The lowest BCUT2D eigenvalue weighted by Gasteiger charge is -2.25. The van der Waals surface area contributed by atoms with Gasteiger partial charge in [-0.1, -0.05) is 18.0 Å². The van der Waals surface area contributed by atoms with Gasteiger partial charge in [0.25, 0.3) is 0 Å². The van der Waals surface area contributed by atoms with Crippen molar-refractivity contribution in [3.05, 3.63) is 11.7 Å². The van der Waals surface area contributed by atoms with E-state index >= 15 is 0 Å². The molecule has 0 unspecified atom stereocenters. The van der Waals surface area contributed by atoms with Crippen LogP contribution in [-0.2, 0) is 0 Å². The first-order chi connectivity index (χ1) is 7.34. The summed E-state index contributed by atoms with van der Waals surface area (Å²) in [5.74, 6) is 2.56. The van der Waals surface area contributed by atoms with Crippen LogP contribution in [0.15, 0.2) is 4.52 Å². The summed E-state index contributed by atoms with van der Waals surface area (Å²) in [7, 11) is 0. The Kier molecular flexibility index (Phi) is 2.24. The van der Waals surface area contributed by atoms with E-state index in [9.17, 15) is 0 Å². The van der Waals surface area contributed by atoms with E-state index in [0.717, 1.165) is 24.6 Å². The molecular formula is C11H17N3O. The molecule has 0 amide bonds. The standard InChI is InChI=1S/C11H17N3O/c12-9-4-2-1-3-8(9)11-13-10(14-15-11)7-5-6-7/h7-9H,1-6,12H2/t8-,9-/m0/s1. The molecule has 2 aliphatic carbocycles. The van der Waals surface area contributed by atoms with Gasteiger partial charge in [0.1, 0.15) is 0 Å². The zero-order valence-electron chi connectivity index (χ0n) is 8.85. The second kappa shape index (κ2) is 3.59. The zero-order chi connectivity index (χ0) is 10.3. The summed E-state index contributed by atoms with van der Waals surface area (Å²) < 4.78 is 5.33. The Morgan fingerprint density at radius 1 is 1.13 bits per heavy atom. The van der Waals surface area contributed by atoms with Crippen molar-refractivity contribution in [2.24, 2.45) is 5.73 Å². The summed E-state index contributed by atoms with van der Waals surface area (Å²) in [6.07, 6.45) is 7.10. The molecule has 2 N–H and O–H groups in total. The highest BCUT2D eigenvalue weighted by atomic mass is 16.5. The van der Waals surface area contributed by atoms with E-state index in [1.807, 2.05) is 0 Å². The normalized spacial score (nSPS) is 31.8. The van der Waals surface area contributed by atoms with Crippen LogP contribution in [0.4, 0.5) is 0 Å². The SMILES string of the molecule is N[C@H]1CCCC[C@@H]1c1nc(C2CC2)no1. The number of rotatable bonds is 2. The fourth-order valence-corrected chi connectivity index (χ4v) is 2.37. The van der Waals surface area contributed by atoms with Crippen LogP contribution in [0.2, 0.25) is 0 Å². The lowest BCUT2D eigenvalue weighted by atomic mass is 9.85. The predicted octanol–water partition coefficient (Wildman–Crippen LogP) is 1.93. The molecule has 4 heteroatoms. The Bertz CT molecular complexity index is 345. The lowest BCUT2D eigenvalue weighted by Crippen LogP contribution is -2.31. The van der Waals surface area contributed by atoms with E-state index in [1.165, 1.54) is 25.7 Å². The first-order valence-corrected chi connectivity index (χ1v) is 5.93. The van der Waals surface area contributed by atoms with Crippen molar-refractivity contribution in [3.63, 3.8) is 0 Å². The van der Waals surface area contributed by atoms with Gasteiger partial charge in [-0.15, -0.1) is 0 Å². The monoisotopic (exact) mass is 207 g/mol. The van der Waals surface area contributed by atoms with E-state index < -0.39 is 0 Å². The molecule has 0 bridgehead atoms. The van der Waals surface area contributed by atoms with Gasteiger partial charge in [0.15, 0.2) is 5.82 Å². The molecule has 82 valence electrons.